The van der Waals surface area contributed by atoms with Gasteiger partial charge < -0.3 is 10.2 Å². The van der Waals surface area contributed by atoms with E-state index >= 15 is 0 Å². The van der Waals surface area contributed by atoms with Crippen LogP contribution >= 0.6 is 11.6 Å². The fraction of sp³-hybridized carbons (Fsp3) is 0.350. The molecule has 0 heterocycles. The summed E-state index contributed by atoms with van der Waals surface area (Å²) in [6.45, 7) is 0.442. The fourth-order valence-electron chi connectivity index (χ4n) is 2.74. The first kappa shape index (κ1) is 22.4. The lowest BCUT2D eigenvalue weighted by Gasteiger charge is -2.22. The van der Waals surface area contributed by atoms with E-state index in [0.29, 0.717) is 6.54 Å². The largest absolute Gasteiger partial charge is 0.346 e. The molecule has 8 heteroatoms. The second-order valence-electron chi connectivity index (χ2n) is 7.10. The minimum atomic E-state index is -3.64. The van der Waals surface area contributed by atoms with Crippen LogP contribution in [0.3, 0.4) is 0 Å². The Morgan fingerprint density at radius 3 is 2.36 bits per heavy atom. The molecule has 0 bridgehead atoms. The second-order valence-corrected chi connectivity index (χ2v) is 9.66. The maximum Gasteiger partial charge on any atom is 0.253 e. The van der Waals surface area contributed by atoms with Gasteiger partial charge in [-0.05, 0) is 23.8 Å². The minimum absolute atomic E-state index is 0.0334. The van der Waals surface area contributed by atoms with Crippen LogP contribution in [0.15, 0.2) is 53.4 Å². The van der Waals surface area contributed by atoms with Crippen molar-refractivity contribution in [2.45, 2.75) is 17.4 Å². The van der Waals surface area contributed by atoms with E-state index in [1.807, 2.05) is 32.3 Å². The van der Waals surface area contributed by atoms with E-state index in [9.17, 15) is 13.2 Å². The number of hydrogen-bond acceptors (Lipinski definition) is 3. The van der Waals surface area contributed by atoms with Crippen molar-refractivity contribution in [1.82, 2.24) is 9.62 Å². The lowest BCUT2D eigenvalue weighted by molar-refractivity contribution is -0.884. The summed E-state index contributed by atoms with van der Waals surface area (Å²) < 4.78 is 25.7. The van der Waals surface area contributed by atoms with Gasteiger partial charge in [0.2, 0.25) is 10.0 Å². The van der Waals surface area contributed by atoms with Crippen LogP contribution in [0, 0.1) is 0 Å². The normalized spacial score (nSPS) is 13.0. The smallest absolute Gasteiger partial charge is 0.253 e. The zero-order valence-electron chi connectivity index (χ0n) is 16.6. The maximum atomic E-state index is 12.7. The molecule has 0 spiro atoms. The van der Waals surface area contributed by atoms with Crippen LogP contribution in [-0.4, -0.2) is 59.4 Å². The molecule has 0 radical (unpaired) electrons. The van der Waals surface area contributed by atoms with E-state index in [-0.39, 0.29) is 27.4 Å². The summed E-state index contributed by atoms with van der Waals surface area (Å²) in [6.07, 6.45) is 0.812. The Labute approximate surface area is 172 Å². The highest BCUT2D eigenvalue weighted by Crippen LogP contribution is 2.22. The topological polar surface area (TPSA) is 70.9 Å². The molecule has 0 saturated carbocycles. The predicted molar refractivity (Wildman–Crippen MR) is 111 cm³/mol. The van der Waals surface area contributed by atoms with Crippen molar-refractivity contribution in [2.75, 3.05) is 34.7 Å². The molecule has 0 unspecified atom stereocenters. The van der Waals surface area contributed by atoms with Gasteiger partial charge in [0.1, 0.15) is 6.04 Å². The summed E-state index contributed by atoms with van der Waals surface area (Å²) in [5.74, 6) is -0.389. The number of benzene rings is 2. The average Bonchev–Trinajstić information content (AvgIpc) is 2.65. The number of carbonyl (C=O) groups is 1. The first-order chi connectivity index (χ1) is 13.1. The molecule has 2 rings (SSSR count). The van der Waals surface area contributed by atoms with Crippen LogP contribution in [0.2, 0.25) is 5.02 Å². The molecule has 1 atom stereocenters. The number of quaternary nitrogens is 1. The number of nitrogens with zero attached hydrogens (tertiary/aromatic N) is 1. The predicted octanol–water partition coefficient (Wildman–Crippen LogP) is 1.08. The van der Waals surface area contributed by atoms with Crippen LogP contribution in [0.25, 0.3) is 0 Å². The quantitative estimate of drug-likeness (QED) is 0.666. The first-order valence-corrected chi connectivity index (χ1v) is 10.8. The van der Waals surface area contributed by atoms with Crippen LogP contribution in [-0.2, 0) is 16.4 Å². The van der Waals surface area contributed by atoms with E-state index < -0.39 is 10.0 Å². The van der Waals surface area contributed by atoms with Gasteiger partial charge in [-0.2, -0.15) is 0 Å². The second kappa shape index (κ2) is 9.52. The van der Waals surface area contributed by atoms with Crippen molar-refractivity contribution >= 4 is 27.5 Å². The zero-order chi connectivity index (χ0) is 20.9. The Balaban J connectivity index is 2.15. The highest BCUT2D eigenvalue weighted by atomic mass is 35.5. The molecular formula is C20H27ClN3O3S+. The molecule has 0 fully saturated rings. The Kier molecular flexibility index (Phi) is 7.60. The Hall–Kier alpha value is -1.93. The lowest BCUT2D eigenvalue weighted by atomic mass is 10.0. The molecule has 2 aromatic carbocycles. The summed E-state index contributed by atoms with van der Waals surface area (Å²) in [7, 11) is 3.32. The third-order valence-electron chi connectivity index (χ3n) is 4.61. The van der Waals surface area contributed by atoms with E-state index in [1.54, 1.807) is 0 Å². The summed E-state index contributed by atoms with van der Waals surface area (Å²) in [4.78, 5) is 13.9. The minimum Gasteiger partial charge on any atom is -0.346 e. The number of rotatable bonds is 8. The van der Waals surface area contributed by atoms with Crippen LogP contribution in [0.1, 0.15) is 15.9 Å². The van der Waals surface area contributed by atoms with Crippen molar-refractivity contribution in [1.29, 1.82) is 0 Å². The monoisotopic (exact) mass is 424 g/mol. The number of hydrogen-bond donors (Lipinski definition) is 2. The summed E-state index contributed by atoms with van der Waals surface area (Å²) in [5, 5.41) is 3.11. The van der Waals surface area contributed by atoms with Crippen LogP contribution in [0.4, 0.5) is 0 Å². The van der Waals surface area contributed by atoms with Gasteiger partial charge in [-0.15, -0.1) is 0 Å². The van der Waals surface area contributed by atoms with Gasteiger partial charge in [-0.1, -0.05) is 41.9 Å². The Bertz CT molecular complexity index is 916. The highest BCUT2D eigenvalue weighted by Gasteiger charge is 2.22. The number of sulfonamides is 1. The third kappa shape index (κ3) is 5.54. The molecule has 2 N–H and O–H groups in total. The number of amides is 1. The molecule has 0 aliphatic heterocycles. The van der Waals surface area contributed by atoms with Crippen molar-refractivity contribution in [3.05, 3.63) is 64.7 Å². The van der Waals surface area contributed by atoms with Gasteiger partial charge in [0.15, 0.2) is 0 Å². The maximum absolute atomic E-state index is 12.7. The van der Waals surface area contributed by atoms with Crippen molar-refractivity contribution < 1.29 is 18.1 Å². The molecule has 152 valence electrons. The van der Waals surface area contributed by atoms with Crippen molar-refractivity contribution in [3.8, 4) is 0 Å². The van der Waals surface area contributed by atoms with Gasteiger partial charge >= 0.3 is 0 Å². The molecule has 0 aliphatic carbocycles. The van der Waals surface area contributed by atoms with Crippen molar-refractivity contribution in [3.63, 3.8) is 0 Å². The average molecular weight is 425 g/mol. The van der Waals surface area contributed by atoms with Gasteiger partial charge in [-0.25, -0.2) is 12.7 Å². The number of likely N-dealkylation sites (N-methyl/N-ethyl adjacent to an activating group) is 1. The molecule has 0 saturated heterocycles. The lowest BCUT2D eigenvalue weighted by Crippen LogP contribution is -3.11. The van der Waals surface area contributed by atoms with Gasteiger partial charge in [0.05, 0.1) is 36.1 Å². The Morgan fingerprint density at radius 1 is 1.14 bits per heavy atom. The number of carbonyl (C=O) groups excluding carboxylic acids is 1. The number of halogens is 1. The third-order valence-corrected chi connectivity index (χ3v) is 6.75. The van der Waals surface area contributed by atoms with E-state index in [0.717, 1.165) is 10.7 Å². The molecule has 0 aliphatic rings. The van der Waals surface area contributed by atoms with Crippen LogP contribution < -0.4 is 10.2 Å². The summed E-state index contributed by atoms with van der Waals surface area (Å²) in [6, 6.07) is 14.4. The zero-order valence-corrected chi connectivity index (χ0v) is 18.1. The van der Waals surface area contributed by atoms with Gasteiger partial charge in [0.25, 0.3) is 5.91 Å². The molecule has 6 nitrogen and oxygen atoms in total. The Morgan fingerprint density at radius 2 is 1.79 bits per heavy atom. The molecule has 28 heavy (non-hydrogen) atoms. The SMILES string of the molecule is CN(C)S(=O)(=O)c1ccc(Cl)c(C(=O)NC[C@@H](Cc2ccccc2)[NH+](C)C)c1. The molecule has 1 amide bonds. The van der Waals surface area contributed by atoms with Gasteiger partial charge in [0, 0.05) is 20.5 Å². The summed E-state index contributed by atoms with van der Waals surface area (Å²) >= 11 is 6.15. The first-order valence-electron chi connectivity index (χ1n) is 8.97. The molecular weight excluding hydrogens is 398 g/mol. The highest BCUT2D eigenvalue weighted by molar-refractivity contribution is 7.89. The van der Waals surface area contributed by atoms with Gasteiger partial charge in [-0.3, -0.25) is 4.79 Å². The van der Waals surface area contributed by atoms with E-state index in [1.165, 1.54) is 42.8 Å². The van der Waals surface area contributed by atoms with Crippen molar-refractivity contribution in [2.24, 2.45) is 0 Å². The fourth-order valence-corrected chi connectivity index (χ4v) is 3.87. The van der Waals surface area contributed by atoms with Crippen LogP contribution in [0.5, 0.6) is 0 Å². The molecule has 0 aromatic heterocycles. The standard InChI is InChI=1S/C20H26ClN3O3S/c1-23(2)16(12-15-8-6-5-7-9-15)14-22-20(25)18-13-17(10-11-19(18)21)28(26,27)24(3)4/h5-11,13,16H,12,14H2,1-4H3,(H,22,25)/p+1/t16-/m1/s1. The molecule has 2 aromatic rings. The summed E-state index contributed by atoms with van der Waals surface area (Å²) in [5.41, 5.74) is 1.34. The van der Waals surface area contributed by atoms with E-state index in [2.05, 4.69) is 17.4 Å². The number of nitrogens with one attached hydrogen (secondary N) is 2. The van der Waals surface area contributed by atoms with E-state index in [4.69, 9.17) is 11.6 Å².